The van der Waals surface area contributed by atoms with Crippen LogP contribution in [0.4, 0.5) is 10.1 Å². The first-order valence-electron chi connectivity index (χ1n) is 5.79. The van der Waals surface area contributed by atoms with Gasteiger partial charge in [0, 0.05) is 12.6 Å². The summed E-state index contributed by atoms with van der Waals surface area (Å²) in [5, 5.41) is 0.0448. The van der Waals surface area contributed by atoms with E-state index in [4.69, 9.17) is 22.1 Å². The second-order valence-corrected chi connectivity index (χ2v) is 7.50. The van der Waals surface area contributed by atoms with Gasteiger partial charge in [0.15, 0.2) is 5.82 Å². The molecule has 1 fully saturated rings. The molecular weight excluding hydrogens is 375 g/mol. The molecule has 9 heteroatoms. The van der Waals surface area contributed by atoms with Crippen molar-refractivity contribution in [1.82, 2.24) is 4.31 Å². The Bertz CT molecular complexity index is 641. The van der Waals surface area contributed by atoms with Gasteiger partial charge in [-0.15, -0.1) is 0 Å². The Morgan fingerprint density at radius 1 is 1.60 bits per heavy atom. The third kappa shape index (κ3) is 2.67. The second kappa shape index (κ2) is 5.76. The normalized spacial score (nSPS) is 21.1. The Morgan fingerprint density at radius 3 is 2.85 bits per heavy atom. The summed E-state index contributed by atoms with van der Waals surface area (Å²) in [4.78, 5) is -0.517. The molecule has 112 valence electrons. The summed E-state index contributed by atoms with van der Waals surface area (Å²) >= 11 is 8.88. The van der Waals surface area contributed by atoms with Crippen molar-refractivity contribution in [3.8, 4) is 0 Å². The molecule has 0 spiro atoms. The Kier molecular flexibility index (Phi) is 4.60. The third-order valence-corrected chi connectivity index (χ3v) is 6.44. The maximum Gasteiger partial charge on any atom is 0.246 e. The SMILES string of the molecule is CC1COCCN1S(=O)(=O)c1cc(Cl)c(Br)c(N)c1F. The number of anilines is 1. The lowest BCUT2D eigenvalue weighted by Gasteiger charge is -2.32. The molecule has 1 atom stereocenters. The van der Waals surface area contributed by atoms with Gasteiger partial charge in [-0.05, 0) is 28.9 Å². The van der Waals surface area contributed by atoms with Crippen molar-refractivity contribution in [3.63, 3.8) is 0 Å². The van der Waals surface area contributed by atoms with Crippen molar-refractivity contribution >= 4 is 43.2 Å². The maximum atomic E-state index is 14.2. The maximum absolute atomic E-state index is 14.2. The second-order valence-electron chi connectivity index (χ2n) is 4.44. The Balaban J connectivity index is 2.55. The number of morpholine rings is 1. The number of hydrogen-bond donors (Lipinski definition) is 1. The summed E-state index contributed by atoms with van der Waals surface area (Å²) in [5.74, 6) is -1.00. The van der Waals surface area contributed by atoms with Gasteiger partial charge in [-0.25, -0.2) is 12.8 Å². The summed E-state index contributed by atoms with van der Waals surface area (Å²) in [6.07, 6.45) is 0. The van der Waals surface area contributed by atoms with Crippen LogP contribution >= 0.6 is 27.5 Å². The standard InChI is InChI=1S/C11H13BrClFN2O3S/c1-6-5-19-3-2-16(6)20(17,18)8-4-7(13)9(12)11(15)10(8)14/h4,6H,2-3,5,15H2,1H3. The van der Waals surface area contributed by atoms with E-state index in [0.717, 1.165) is 6.07 Å². The molecule has 0 aromatic heterocycles. The molecule has 0 bridgehead atoms. The Hall–Kier alpha value is -0.410. The van der Waals surface area contributed by atoms with Crippen LogP contribution in [0.1, 0.15) is 6.92 Å². The van der Waals surface area contributed by atoms with Gasteiger partial charge in [-0.1, -0.05) is 11.6 Å². The number of ether oxygens (including phenoxy) is 1. The molecule has 1 aromatic rings. The molecular formula is C11H13BrClFN2O3S. The summed E-state index contributed by atoms with van der Waals surface area (Å²) in [6, 6.07) is 0.686. The predicted molar refractivity (Wildman–Crippen MR) is 77.7 cm³/mol. The van der Waals surface area contributed by atoms with Crippen LogP contribution in [0.25, 0.3) is 0 Å². The van der Waals surface area contributed by atoms with Crippen molar-refractivity contribution in [2.24, 2.45) is 0 Å². The molecule has 0 amide bonds. The van der Waals surface area contributed by atoms with Gasteiger partial charge >= 0.3 is 0 Å². The van der Waals surface area contributed by atoms with Gasteiger partial charge in [0.25, 0.3) is 0 Å². The molecule has 1 saturated heterocycles. The molecule has 2 rings (SSSR count). The van der Waals surface area contributed by atoms with Gasteiger partial charge in [0.05, 0.1) is 28.4 Å². The van der Waals surface area contributed by atoms with E-state index in [-0.39, 0.29) is 41.0 Å². The fraction of sp³-hybridized carbons (Fsp3) is 0.455. The molecule has 5 nitrogen and oxygen atoms in total. The van der Waals surface area contributed by atoms with E-state index < -0.39 is 20.7 Å². The van der Waals surface area contributed by atoms with Crippen molar-refractivity contribution in [2.45, 2.75) is 17.9 Å². The van der Waals surface area contributed by atoms with E-state index in [1.54, 1.807) is 6.92 Å². The third-order valence-electron chi connectivity index (χ3n) is 3.05. The number of hydrogen-bond acceptors (Lipinski definition) is 4. The van der Waals surface area contributed by atoms with Gasteiger partial charge < -0.3 is 10.5 Å². The fourth-order valence-corrected chi connectivity index (χ4v) is 4.25. The van der Waals surface area contributed by atoms with Crippen LogP contribution in [0.5, 0.6) is 0 Å². The van der Waals surface area contributed by atoms with Crippen LogP contribution < -0.4 is 5.73 Å². The largest absolute Gasteiger partial charge is 0.395 e. The van der Waals surface area contributed by atoms with Crippen LogP contribution in [-0.2, 0) is 14.8 Å². The molecule has 0 radical (unpaired) electrons. The highest BCUT2D eigenvalue weighted by Gasteiger charge is 2.34. The first-order chi connectivity index (χ1) is 9.26. The van der Waals surface area contributed by atoms with Gasteiger partial charge in [-0.3, -0.25) is 0 Å². The first kappa shape index (κ1) is 16.0. The number of nitrogens with two attached hydrogens (primary N) is 1. The summed E-state index contributed by atoms with van der Waals surface area (Å²) < 4.78 is 45.8. The average molecular weight is 388 g/mol. The molecule has 2 N–H and O–H groups in total. The minimum atomic E-state index is -4.01. The number of halogens is 3. The van der Waals surface area contributed by atoms with E-state index in [2.05, 4.69) is 15.9 Å². The zero-order chi connectivity index (χ0) is 15.1. The smallest absolute Gasteiger partial charge is 0.246 e. The molecule has 0 aliphatic carbocycles. The van der Waals surface area contributed by atoms with Gasteiger partial charge in [0.2, 0.25) is 10.0 Å². The van der Waals surface area contributed by atoms with E-state index in [1.807, 2.05) is 0 Å². The molecule has 1 aliphatic heterocycles. The number of nitrogen functional groups attached to an aromatic ring is 1. The topological polar surface area (TPSA) is 72.6 Å². The quantitative estimate of drug-likeness (QED) is 0.624. The van der Waals surface area contributed by atoms with Crippen LogP contribution in [0, 0.1) is 5.82 Å². The number of nitrogens with zero attached hydrogens (tertiary/aromatic N) is 1. The number of sulfonamides is 1. The average Bonchev–Trinajstić information content (AvgIpc) is 2.40. The molecule has 0 saturated carbocycles. The number of rotatable bonds is 2. The van der Waals surface area contributed by atoms with Crippen molar-refractivity contribution < 1.29 is 17.5 Å². The highest BCUT2D eigenvalue weighted by Crippen LogP contribution is 2.36. The van der Waals surface area contributed by atoms with E-state index in [1.165, 1.54) is 4.31 Å². The minimum Gasteiger partial charge on any atom is -0.395 e. The lowest BCUT2D eigenvalue weighted by Crippen LogP contribution is -2.47. The zero-order valence-electron chi connectivity index (χ0n) is 10.6. The molecule has 1 heterocycles. The van der Waals surface area contributed by atoms with Crippen LogP contribution in [-0.4, -0.2) is 38.5 Å². The van der Waals surface area contributed by atoms with Crippen LogP contribution in [0.3, 0.4) is 0 Å². The predicted octanol–water partition coefficient (Wildman–Crippen LogP) is 2.23. The first-order valence-corrected chi connectivity index (χ1v) is 8.40. The van der Waals surface area contributed by atoms with E-state index in [9.17, 15) is 12.8 Å². The highest BCUT2D eigenvalue weighted by molar-refractivity contribution is 9.10. The lowest BCUT2D eigenvalue weighted by atomic mass is 10.3. The number of benzene rings is 1. The summed E-state index contributed by atoms with van der Waals surface area (Å²) in [7, 11) is -4.01. The van der Waals surface area contributed by atoms with Crippen molar-refractivity contribution in [3.05, 3.63) is 21.4 Å². The van der Waals surface area contributed by atoms with Crippen LogP contribution in [0.15, 0.2) is 15.4 Å². The monoisotopic (exact) mass is 386 g/mol. The molecule has 20 heavy (non-hydrogen) atoms. The molecule has 1 unspecified atom stereocenters. The van der Waals surface area contributed by atoms with Crippen molar-refractivity contribution in [2.75, 3.05) is 25.5 Å². The highest BCUT2D eigenvalue weighted by atomic mass is 79.9. The lowest BCUT2D eigenvalue weighted by molar-refractivity contribution is 0.0392. The summed E-state index contributed by atoms with van der Waals surface area (Å²) in [5.41, 5.74) is 5.21. The molecule has 1 aliphatic rings. The zero-order valence-corrected chi connectivity index (χ0v) is 13.7. The van der Waals surface area contributed by atoms with E-state index >= 15 is 0 Å². The van der Waals surface area contributed by atoms with Gasteiger partial charge in [-0.2, -0.15) is 4.31 Å². The minimum absolute atomic E-state index is 0.0448. The van der Waals surface area contributed by atoms with Crippen molar-refractivity contribution in [1.29, 1.82) is 0 Å². The summed E-state index contributed by atoms with van der Waals surface area (Å²) in [6.45, 7) is 2.39. The Morgan fingerprint density at radius 2 is 2.25 bits per heavy atom. The van der Waals surface area contributed by atoms with E-state index in [0.29, 0.717) is 0 Å². The molecule has 1 aromatic carbocycles. The fourth-order valence-electron chi connectivity index (χ4n) is 1.98. The van der Waals surface area contributed by atoms with Gasteiger partial charge in [0.1, 0.15) is 4.90 Å². The van der Waals surface area contributed by atoms with Crippen LogP contribution in [0.2, 0.25) is 5.02 Å². The Labute approximate surface area is 130 Å².